The third kappa shape index (κ3) is 13.3. The maximum atomic E-state index is 13.2. The molecule has 38 heavy (non-hydrogen) atoms. The predicted octanol–water partition coefficient (Wildman–Crippen LogP) is 5.37. The lowest BCUT2D eigenvalue weighted by Gasteiger charge is -2.29. The van der Waals surface area contributed by atoms with E-state index in [1.807, 2.05) is 17.8 Å². The van der Waals surface area contributed by atoms with E-state index in [9.17, 15) is 9.90 Å². The summed E-state index contributed by atoms with van der Waals surface area (Å²) in [5.41, 5.74) is 1.23. The monoisotopic (exact) mass is 545 g/mol. The van der Waals surface area contributed by atoms with Crippen molar-refractivity contribution in [2.45, 2.75) is 89.7 Å². The van der Waals surface area contributed by atoms with Crippen LogP contribution in [0.2, 0.25) is 0 Å². The summed E-state index contributed by atoms with van der Waals surface area (Å²) in [5.74, 6) is 3.97. The smallest absolute Gasteiger partial charge is 0.224 e. The van der Waals surface area contributed by atoms with E-state index in [2.05, 4.69) is 60.8 Å². The van der Waals surface area contributed by atoms with Gasteiger partial charge >= 0.3 is 0 Å². The van der Waals surface area contributed by atoms with Crippen molar-refractivity contribution in [3.63, 3.8) is 0 Å². The molecule has 0 bridgehead atoms. The normalized spacial score (nSPS) is 19.7. The Bertz CT molecular complexity index is 767. The number of amides is 1. The number of rotatable bonds is 19. The van der Waals surface area contributed by atoms with Gasteiger partial charge < -0.3 is 20.6 Å². The Hall–Kier alpha value is -1.08. The molecule has 6 heteroatoms. The first-order valence-electron chi connectivity index (χ1n) is 15.3. The van der Waals surface area contributed by atoms with Crippen LogP contribution in [0.1, 0.15) is 76.7 Å². The van der Waals surface area contributed by atoms with Crippen molar-refractivity contribution in [1.29, 1.82) is 0 Å². The first-order valence-corrected chi connectivity index (χ1v) is 16.5. The lowest BCUT2D eigenvalue weighted by Crippen LogP contribution is -2.41. The molecule has 1 amide bonds. The molecular formula is C32H55N3O2S. The molecule has 4 atom stereocenters. The zero-order chi connectivity index (χ0) is 27.2. The molecule has 0 spiro atoms. The highest BCUT2D eigenvalue weighted by Gasteiger charge is 2.27. The Kier molecular flexibility index (Phi) is 14.5. The minimum absolute atomic E-state index is 0.0126. The number of hydrogen-bond acceptors (Lipinski definition) is 5. The third-order valence-electron chi connectivity index (χ3n) is 8.28. The molecule has 2 saturated carbocycles. The Morgan fingerprint density at radius 2 is 1.74 bits per heavy atom. The summed E-state index contributed by atoms with van der Waals surface area (Å²) in [6, 6.07) is 10.8. The SMILES string of the molecule is CC(CNC(=O)[C@@H](CSCCN(C)C)Cc1ccccc1)CN[C@@H](CC1CCCCC1)C[C@@H](O)CC1CC1. The van der Waals surface area contributed by atoms with E-state index >= 15 is 0 Å². The van der Waals surface area contributed by atoms with Gasteiger partial charge in [-0.3, -0.25) is 4.79 Å². The molecule has 3 N–H and O–H groups in total. The van der Waals surface area contributed by atoms with E-state index in [1.54, 1.807) is 0 Å². The number of carbonyl (C=O) groups excluding carboxylic acids is 1. The lowest BCUT2D eigenvalue weighted by molar-refractivity contribution is -0.124. The second kappa shape index (κ2) is 17.6. The van der Waals surface area contributed by atoms with Crippen LogP contribution in [0.25, 0.3) is 0 Å². The fourth-order valence-electron chi connectivity index (χ4n) is 5.71. The van der Waals surface area contributed by atoms with Crippen molar-refractivity contribution in [2.75, 3.05) is 45.2 Å². The van der Waals surface area contributed by atoms with Gasteiger partial charge in [0.1, 0.15) is 0 Å². The van der Waals surface area contributed by atoms with Gasteiger partial charge in [0.15, 0.2) is 0 Å². The van der Waals surface area contributed by atoms with Crippen LogP contribution >= 0.6 is 11.8 Å². The molecule has 2 aliphatic rings. The molecule has 1 aromatic carbocycles. The standard InChI is InChI=1S/C32H55N3O2S/c1-25(22-33-30(19-27-12-8-5-9-13-27)21-31(36)20-28-14-15-28)23-34-32(37)29(24-38-17-16-35(2)3)18-26-10-6-4-7-11-26/h4,6-7,10-11,25,27-31,33,36H,5,8-9,12-24H2,1-3H3,(H,34,37)/t25?,29-,30+,31+/m1/s1. The highest BCUT2D eigenvalue weighted by Crippen LogP contribution is 2.35. The van der Waals surface area contributed by atoms with Crippen LogP contribution in [0.3, 0.4) is 0 Å². The lowest BCUT2D eigenvalue weighted by atomic mass is 9.83. The van der Waals surface area contributed by atoms with Crippen LogP contribution in [-0.2, 0) is 11.2 Å². The average molecular weight is 546 g/mol. The highest BCUT2D eigenvalue weighted by atomic mass is 32.2. The number of benzene rings is 1. The van der Waals surface area contributed by atoms with E-state index in [1.165, 1.54) is 56.9 Å². The van der Waals surface area contributed by atoms with Crippen LogP contribution in [-0.4, -0.2) is 73.3 Å². The summed E-state index contributed by atoms with van der Waals surface area (Å²) in [7, 11) is 4.19. The van der Waals surface area contributed by atoms with E-state index in [4.69, 9.17) is 0 Å². The van der Waals surface area contributed by atoms with Crippen molar-refractivity contribution in [3.05, 3.63) is 35.9 Å². The van der Waals surface area contributed by atoms with Gasteiger partial charge in [0.25, 0.3) is 0 Å². The molecular weight excluding hydrogens is 490 g/mol. The zero-order valence-electron chi connectivity index (χ0n) is 24.4. The summed E-state index contributed by atoms with van der Waals surface area (Å²) >= 11 is 1.88. The number of carbonyl (C=O) groups is 1. The zero-order valence-corrected chi connectivity index (χ0v) is 25.2. The quantitative estimate of drug-likeness (QED) is 0.204. The summed E-state index contributed by atoms with van der Waals surface area (Å²) < 4.78 is 0. The van der Waals surface area contributed by atoms with Gasteiger partial charge in [-0.2, -0.15) is 11.8 Å². The van der Waals surface area contributed by atoms with Gasteiger partial charge in [-0.15, -0.1) is 0 Å². The molecule has 0 radical (unpaired) electrons. The number of aliphatic hydroxyl groups excluding tert-OH is 1. The van der Waals surface area contributed by atoms with Crippen molar-refractivity contribution in [1.82, 2.24) is 15.5 Å². The van der Waals surface area contributed by atoms with Crippen LogP contribution < -0.4 is 10.6 Å². The van der Waals surface area contributed by atoms with Crippen molar-refractivity contribution < 1.29 is 9.90 Å². The van der Waals surface area contributed by atoms with Crippen LogP contribution in [0, 0.1) is 23.7 Å². The van der Waals surface area contributed by atoms with E-state index in [-0.39, 0.29) is 17.9 Å². The van der Waals surface area contributed by atoms with E-state index in [0.717, 1.165) is 55.7 Å². The molecule has 0 heterocycles. The van der Waals surface area contributed by atoms with Crippen molar-refractivity contribution in [2.24, 2.45) is 23.7 Å². The molecule has 3 rings (SSSR count). The minimum Gasteiger partial charge on any atom is -0.393 e. The summed E-state index contributed by atoms with van der Waals surface area (Å²) in [5, 5.41) is 17.8. The maximum absolute atomic E-state index is 13.2. The average Bonchev–Trinajstić information content (AvgIpc) is 3.72. The molecule has 0 aliphatic heterocycles. The number of nitrogens with zero attached hydrogens (tertiary/aromatic N) is 1. The maximum Gasteiger partial charge on any atom is 0.224 e. The van der Waals surface area contributed by atoms with Crippen molar-refractivity contribution >= 4 is 17.7 Å². The highest BCUT2D eigenvalue weighted by molar-refractivity contribution is 7.99. The van der Waals surface area contributed by atoms with E-state index < -0.39 is 0 Å². The number of hydrogen-bond donors (Lipinski definition) is 3. The summed E-state index contributed by atoms with van der Waals surface area (Å²) in [6.45, 7) is 4.84. The molecule has 216 valence electrons. The van der Waals surface area contributed by atoms with Gasteiger partial charge in [-0.1, -0.05) is 82.2 Å². The predicted molar refractivity (Wildman–Crippen MR) is 163 cm³/mol. The first kappa shape index (κ1) is 31.4. The number of nitrogens with one attached hydrogen (secondary N) is 2. The third-order valence-corrected chi connectivity index (χ3v) is 9.39. The van der Waals surface area contributed by atoms with Gasteiger partial charge in [0.05, 0.1) is 12.0 Å². The minimum atomic E-state index is -0.178. The Balaban J connectivity index is 1.45. The molecule has 0 saturated heterocycles. The Morgan fingerprint density at radius 1 is 1.03 bits per heavy atom. The summed E-state index contributed by atoms with van der Waals surface area (Å²) in [4.78, 5) is 15.4. The second-order valence-corrected chi connectivity index (χ2v) is 13.7. The fraction of sp³-hybridized carbons (Fsp3) is 0.781. The Labute approximate surface area is 237 Å². The Morgan fingerprint density at radius 3 is 2.42 bits per heavy atom. The van der Waals surface area contributed by atoms with Gasteiger partial charge in [0.2, 0.25) is 5.91 Å². The van der Waals surface area contributed by atoms with Crippen LogP contribution in [0.15, 0.2) is 30.3 Å². The van der Waals surface area contributed by atoms with E-state index in [0.29, 0.717) is 18.5 Å². The largest absolute Gasteiger partial charge is 0.393 e. The van der Waals surface area contributed by atoms with Crippen LogP contribution in [0.5, 0.6) is 0 Å². The molecule has 1 unspecified atom stereocenters. The van der Waals surface area contributed by atoms with Gasteiger partial charge in [0, 0.05) is 30.6 Å². The molecule has 2 aliphatic carbocycles. The number of thioether (sulfide) groups is 1. The molecule has 1 aromatic rings. The molecule has 2 fully saturated rings. The number of aliphatic hydroxyl groups is 1. The molecule has 5 nitrogen and oxygen atoms in total. The first-order chi connectivity index (χ1) is 18.4. The topological polar surface area (TPSA) is 64.6 Å². The van der Waals surface area contributed by atoms with Crippen LogP contribution in [0.4, 0.5) is 0 Å². The van der Waals surface area contributed by atoms with Crippen molar-refractivity contribution in [3.8, 4) is 0 Å². The molecule has 0 aromatic heterocycles. The summed E-state index contributed by atoms with van der Waals surface area (Å²) in [6.07, 6.45) is 13.0. The second-order valence-electron chi connectivity index (χ2n) is 12.5. The fourth-order valence-corrected chi connectivity index (χ4v) is 6.92. The van der Waals surface area contributed by atoms with Gasteiger partial charge in [-0.25, -0.2) is 0 Å². The van der Waals surface area contributed by atoms with Gasteiger partial charge in [-0.05, 0) is 69.6 Å².